The lowest BCUT2D eigenvalue weighted by Crippen LogP contribution is -2.40. The van der Waals surface area contributed by atoms with Crippen molar-refractivity contribution >= 4 is 11.9 Å². The molecule has 1 aliphatic heterocycles. The molecule has 0 spiro atoms. The molecule has 1 heterocycles. The predicted molar refractivity (Wildman–Crippen MR) is 86.7 cm³/mol. The van der Waals surface area contributed by atoms with Crippen LogP contribution >= 0.6 is 0 Å². The second kappa shape index (κ2) is 7.09. The predicted octanol–water partition coefficient (Wildman–Crippen LogP) is 1.58. The summed E-state index contributed by atoms with van der Waals surface area (Å²) in [5.74, 6) is -0.0823. The number of amides is 1. The maximum absolute atomic E-state index is 12.8. The van der Waals surface area contributed by atoms with Crippen molar-refractivity contribution in [2.75, 3.05) is 41.0 Å². The molecule has 1 amide bonds. The highest BCUT2D eigenvalue weighted by Gasteiger charge is 2.46. The maximum Gasteiger partial charge on any atom is 0.313 e. The summed E-state index contributed by atoms with van der Waals surface area (Å²) in [6, 6.07) is 3.30. The van der Waals surface area contributed by atoms with E-state index in [0.29, 0.717) is 30.0 Å². The van der Waals surface area contributed by atoms with E-state index in [-0.39, 0.29) is 19.1 Å². The van der Waals surface area contributed by atoms with Gasteiger partial charge in [0.2, 0.25) is 0 Å². The SMILES string of the molecule is COCC1(C(=O)O)CCN(C(=O)c2cc(OC)c(C)c(OC)c2)C1. The van der Waals surface area contributed by atoms with Gasteiger partial charge in [0.1, 0.15) is 16.9 Å². The molecule has 1 unspecified atom stereocenters. The molecule has 0 saturated carbocycles. The van der Waals surface area contributed by atoms with Gasteiger partial charge in [-0.1, -0.05) is 0 Å². The summed E-state index contributed by atoms with van der Waals surface area (Å²) in [5, 5.41) is 9.51. The highest BCUT2D eigenvalue weighted by atomic mass is 16.5. The largest absolute Gasteiger partial charge is 0.496 e. The topological polar surface area (TPSA) is 85.3 Å². The number of carbonyl (C=O) groups is 2. The Morgan fingerprint density at radius 3 is 2.25 bits per heavy atom. The van der Waals surface area contributed by atoms with Gasteiger partial charge < -0.3 is 24.2 Å². The molecule has 7 heteroatoms. The van der Waals surface area contributed by atoms with Crippen molar-refractivity contribution in [3.63, 3.8) is 0 Å². The van der Waals surface area contributed by atoms with Crippen LogP contribution in [0, 0.1) is 12.3 Å². The summed E-state index contributed by atoms with van der Waals surface area (Å²) < 4.78 is 15.6. The highest BCUT2D eigenvalue weighted by Crippen LogP contribution is 2.34. The molecule has 0 aromatic heterocycles. The number of rotatable bonds is 6. The average molecular weight is 337 g/mol. The molecule has 7 nitrogen and oxygen atoms in total. The summed E-state index contributed by atoms with van der Waals surface area (Å²) in [4.78, 5) is 25.9. The van der Waals surface area contributed by atoms with Crippen LogP contribution in [0.2, 0.25) is 0 Å². The average Bonchev–Trinajstić information content (AvgIpc) is 3.00. The second-order valence-corrected chi connectivity index (χ2v) is 6.00. The maximum atomic E-state index is 12.8. The second-order valence-electron chi connectivity index (χ2n) is 6.00. The van der Waals surface area contributed by atoms with Gasteiger partial charge in [-0.05, 0) is 25.5 Å². The molecule has 0 aliphatic carbocycles. The number of hydrogen-bond donors (Lipinski definition) is 1. The minimum Gasteiger partial charge on any atom is -0.496 e. The Kier molecular flexibility index (Phi) is 5.33. The molecule has 1 N–H and O–H groups in total. The van der Waals surface area contributed by atoms with Crippen molar-refractivity contribution in [2.45, 2.75) is 13.3 Å². The van der Waals surface area contributed by atoms with Crippen LogP contribution in [-0.2, 0) is 9.53 Å². The monoisotopic (exact) mass is 337 g/mol. The van der Waals surface area contributed by atoms with Crippen molar-refractivity contribution in [1.82, 2.24) is 4.90 Å². The first-order valence-electron chi connectivity index (χ1n) is 7.62. The number of benzene rings is 1. The van der Waals surface area contributed by atoms with Crippen molar-refractivity contribution < 1.29 is 28.9 Å². The first-order valence-corrected chi connectivity index (χ1v) is 7.62. The van der Waals surface area contributed by atoms with E-state index in [2.05, 4.69) is 0 Å². The zero-order valence-corrected chi connectivity index (χ0v) is 14.4. The molecule has 1 atom stereocenters. The number of methoxy groups -OCH3 is 3. The first-order chi connectivity index (χ1) is 11.4. The van der Waals surface area contributed by atoms with E-state index in [4.69, 9.17) is 14.2 Å². The number of aliphatic carboxylic acids is 1. The molecule has 2 rings (SSSR count). The summed E-state index contributed by atoms with van der Waals surface area (Å²) in [7, 11) is 4.52. The van der Waals surface area contributed by atoms with Gasteiger partial charge in [-0.25, -0.2) is 0 Å². The normalized spacial score (nSPS) is 20.1. The van der Waals surface area contributed by atoms with Crippen LogP contribution in [0.3, 0.4) is 0 Å². The third kappa shape index (κ3) is 3.17. The van der Waals surface area contributed by atoms with Gasteiger partial charge in [-0.3, -0.25) is 9.59 Å². The van der Waals surface area contributed by atoms with E-state index < -0.39 is 11.4 Å². The van der Waals surface area contributed by atoms with Gasteiger partial charge in [0.15, 0.2) is 0 Å². The van der Waals surface area contributed by atoms with Crippen LogP contribution in [-0.4, -0.2) is 62.9 Å². The fourth-order valence-corrected chi connectivity index (χ4v) is 3.07. The Labute approximate surface area is 141 Å². The summed E-state index contributed by atoms with van der Waals surface area (Å²) >= 11 is 0. The molecule has 0 radical (unpaired) electrons. The smallest absolute Gasteiger partial charge is 0.313 e. The summed E-state index contributed by atoms with van der Waals surface area (Å²) in [6.45, 7) is 2.41. The Morgan fingerprint density at radius 2 is 1.79 bits per heavy atom. The van der Waals surface area contributed by atoms with Crippen molar-refractivity contribution in [1.29, 1.82) is 0 Å². The van der Waals surface area contributed by atoms with E-state index in [1.165, 1.54) is 26.2 Å². The van der Waals surface area contributed by atoms with Crippen LogP contribution in [0.1, 0.15) is 22.3 Å². The van der Waals surface area contributed by atoms with Crippen LogP contribution in [0.5, 0.6) is 11.5 Å². The zero-order chi connectivity index (χ0) is 17.9. The van der Waals surface area contributed by atoms with E-state index in [1.54, 1.807) is 12.1 Å². The minimum atomic E-state index is -1.05. The molecule has 24 heavy (non-hydrogen) atoms. The van der Waals surface area contributed by atoms with Crippen molar-refractivity contribution in [2.24, 2.45) is 5.41 Å². The number of carbonyl (C=O) groups excluding carboxylic acids is 1. The van der Waals surface area contributed by atoms with E-state index >= 15 is 0 Å². The lowest BCUT2D eigenvalue weighted by atomic mass is 9.88. The fraction of sp³-hybridized carbons (Fsp3) is 0.529. The lowest BCUT2D eigenvalue weighted by molar-refractivity contribution is -0.151. The highest BCUT2D eigenvalue weighted by molar-refractivity contribution is 5.96. The van der Waals surface area contributed by atoms with E-state index in [0.717, 1.165) is 5.56 Å². The van der Waals surface area contributed by atoms with Crippen LogP contribution in [0.25, 0.3) is 0 Å². The first kappa shape index (κ1) is 18.1. The molecule has 0 bridgehead atoms. The lowest BCUT2D eigenvalue weighted by Gasteiger charge is -2.24. The summed E-state index contributed by atoms with van der Waals surface area (Å²) in [5.41, 5.74) is 0.161. The molecule has 1 aliphatic rings. The molecule has 1 saturated heterocycles. The van der Waals surface area contributed by atoms with Crippen LogP contribution < -0.4 is 9.47 Å². The zero-order valence-electron chi connectivity index (χ0n) is 14.4. The number of carboxylic acid groups (broad SMARTS) is 1. The Balaban J connectivity index is 2.29. The molecule has 1 aromatic carbocycles. The van der Waals surface area contributed by atoms with Gasteiger partial charge in [0.25, 0.3) is 5.91 Å². The number of nitrogens with zero attached hydrogens (tertiary/aromatic N) is 1. The number of carboxylic acids is 1. The molecular formula is C17H23NO6. The van der Waals surface area contributed by atoms with E-state index in [9.17, 15) is 14.7 Å². The minimum absolute atomic E-state index is 0.0760. The Morgan fingerprint density at radius 1 is 1.21 bits per heavy atom. The number of ether oxygens (including phenoxy) is 3. The van der Waals surface area contributed by atoms with Crippen molar-refractivity contribution in [3.05, 3.63) is 23.3 Å². The van der Waals surface area contributed by atoms with Crippen molar-refractivity contribution in [3.8, 4) is 11.5 Å². The molecular weight excluding hydrogens is 314 g/mol. The standard InChI is InChI=1S/C17H23NO6/c1-11-13(23-3)7-12(8-14(11)24-4)15(19)18-6-5-17(9-18,10-22-2)16(20)21/h7-8H,5-6,9-10H2,1-4H3,(H,20,21). The summed E-state index contributed by atoms with van der Waals surface area (Å²) in [6.07, 6.45) is 0.363. The van der Waals surface area contributed by atoms with Crippen LogP contribution in [0.15, 0.2) is 12.1 Å². The molecule has 1 fully saturated rings. The third-order valence-corrected chi connectivity index (χ3v) is 4.51. The van der Waals surface area contributed by atoms with Gasteiger partial charge in [0.05, 0.1) is 20.8 Å². The number of likely N-dealkylation sites (tertiary alicyclic amines) is 1. The van der Waals surface area contributed by atoms with Crippen LogP contribution in [0.4, 0.5) is 0 Å². The van der Waals surface area contributed by atoms with Gasteiger partial charge in [-0.2, -0.15) is 0 Å². The third-order valence-electron chi connectivity index (χ3n) is 4.51. The Bertz CT molecular complexity index is 619. The number of hydrogen-bond acceptors (Lipinski definition) is 5. The Hall–Kier alpha value is -2.28. The van der Waals surface area contributed by atoms with Gasteiger partial charge in [-0.15, -0.1) is 0 Å². The quantitative estimate of drug-likeness (QED) is 0.848. The van der Waals surface area contributed by atoms with Gasteiger partial charge in [0, 0.05) is 31.3 Å². The van der Waals surface area contributed by atoms with E-state index in [1.807, 2.05) is 6.92 Å². The molecule has 1 aromatic rings. The molecule has 132 valence electrons. The fourth-order valence-electron chi connectivity index (χ4n) is 3.07. The van der Waals surface area contributed by atoms with Gasteiger partial charge >= 0.3 is 5.97 Å².